The lowest BCUT2D eigenvalue weighted by molar-refractivity contribution is -0.142. The zero-order valence-electron chi connectivity index (χ0n) is 13.8. The van der Waals surface area contributed by atoms with Gasteiger partial charge in [0.05, 0.1) is 24.9 Å². The molecule has 7 heteroatoms. The summed E-state index contributed by atoms with van der Waals surface area (Å²) in [7, 11) is 1.32. The average molecular weight is 373 g/mol. The molecule has 0 bridgehead atoms. The van der Waals surface area contributed by atoms with Gasteiger partial charge in [0, 0.05) is 22.8 Å². The lowest BCUT2D eigenvalue weighted by atomic mass is 10.1. The molecule has 0 aliphatic carbocycles. The van der Waals surface area contributed by atoms with Crippen molar-refractivity contribution in [3.8, 4) is 22.7 Å². The maximum Gasteiger partial charge on any atom is 0.309 e. The molecule has 0 unspecified atom stereocenters. The molecule has 0 fully saturated rings. The molecule has 1 atom stereocenters. The summed E-state index contributed by atoms with van der Waals surface area (Å²) in [5, 5.41) is 0.622. The van der Waals surface area contributed by atoms with E-state index in [0.717, 1.165) is 5.56 Å². The fourth-order valence-corrected chi connectivity index (χ4v) is 3.05. The number of carbonyl (C=O) groups excluding carboxylic acids is 1. The van der Waals surface area contributed by atoms with Crippen molar-refractivity contribution >= 4 is 17.6 Å². The second-order valence-electron chi connectivity index (χ2n) is 5.86. The first-order chi connectivity index (χ1) is 12.5. The fraction of sp³-hybridized carbons (Fsp3) is 0.158. The molecule has 1 aliphatic rings. The van der Waals surface area contributed by atoms with Gasteiger partial charge in [0.1, 0.15) is 11.6 Å². The van der Waals surface area contributed by atoms with Crippen molar-refractivity contribution in [2.75, 3.05) is 7.11 Å². The predicted molar refractivity (Wildman–Crippen MR) is 94.0 cm³/mol. The van der Waals surface area contributed by atoms with Gasteiger partial charge in [0.2, 0.25) is 0 Å². The third-order valence-corrected chi connectivity index (χ3v) is 4.44. The van der Waals surface area contributed by atoms with E-state index >= 15 is 0 Å². The summed E-state index contributed by atoms with van der Waals surface area (Å²) < 4.78 is 26.1. The second kappa shape index (κ2) is 6.46. The minimum Gasteiger partial charge on any atom is -0.480 e. The minimum atomic E-state index is -0.624. The van der Waals surface area contributed by atoms with Crippen LogP contribution >= 0.6 is 11.6 Å². The van der Waals surface area contributed by atoms with E-state index in [1.807, 2.05) is 12.1 Å². The van der Waals surface area contributed by atoms with Crippen LogP contribution < -0.4 is 4.74 Å². The summed E-state index contributed by atoms with van der Waals surface area (Å²) in [5.41, 5.74) is 2.06. The minimum absolute atomic E-state index is 0.00435. The van der Waals surface area contributed by atoms with Gasteiger partial charge in [-0.15, -0.1) is 0 Å². The number of nitrogens with zero attached hydrogens (tertiary/aromatic N) is 2. The van der Waals surface area contributed by atoms with Crippen molar-refractivity contribution < 1.29 is 18.7 Å². The second-order valence-corrected chi connectivity index (χ2v) is 6.30. The SMILES string of the molecule is COC(=O)C[C@H]1Oc2ccc(F)cc2-n2cc(-c3ccc(Cl)cc3)nc21. The van der Waals surface area contributed by atoms with Crippen LogP contribution in [0.4, 0.5) is 4.39 Å². The average Bonchev–Trinajstić information content (AvgIpc) is 3.08. The third-order valence-electron chi connectivity index (χ3n) is 4.19. The highest BCUT2D eigenvalue weighted by Crippen LogP contribution is 2.38. The van der Waals surface area contributed by atoms with E-state index < -0.39 is 12.1 Å². The smallest absolute Gasteiger partial charge is 0.309 e. The number of imidazole rings is 1. The zero-order valence-corrected chi connectivity index (χ0v) is 14.5. The molecule has 0 saturated heterocycles. The molecule has 0 saturated carbocycles. The van der Waals surface area contributed by atoms with Crippen molar-refractivity contribution in [3.63, 3.8) is 0 Å². The number of rotatable bonds is 3. The summed E-state index contributed by atoms with van der Waals surface area (Å²) >= 11 is 5.94. The Hall–Kier alpha value is -2.86. The highest BCUT2D eigenvalue weighted by Gasteiger charge is 2.31. The lowest BCUT2D eigenvalue weighted by Gasteiger charge is -2.26. The number of carbonyl (C=O) groups is 1. The highest BCUT2D eigenvalue weighted by atomic mass is 35.5. The number of benzene rings is 2. The molecule has 0 amide bonds. The van der Waals surface area contributed by atoms with Gasteiger partial charge in [-0.3, -0.25) is 9.36 Å². The van der Waals surface area contributed by atoms with Crippen LogP contribution in [-0.4, -0.2) is 22.6 Å². The lowest BCUT2D eigenvalue weighted by Crippen LogP contribution is -2.22. The summed E-state index contributed by atoms with van der Waals surface area (Å²) in [5.74, 6) is 0.195. The first kappa shape index (κ1) is 16.6. The van der Waals surface area contributed by atoms with Gasteiger partial charge in [-0.1, -0.05) is 23.7 Å². The van der Waals surface area contributed by atoms with Gasteiger partial charge in [-0.25, -0.2) is 9.37 Å². The van der Waals surface area contributed by atoms with Crippen molar-refractivity contribution in [1.82, 2.24) is 9.55 Å². The molecule has 0 spiro atoms. The Morgan fingerprint density at radius 2 is 2.08 bits per heavy atom. The molecule has 0 radical (unpaired) electrons. The first-order valence-corrected chi connectivity index (χ1v) is 8.31. The van der Waals surface area contributed by atoms with E-state index in [9.17, 15) is 9.18 Å². The van der Waals surface area contributed by atoms with Crippen LogP contribution in [0.2, 0.25) is 5.02 Å². The van der Waals surface area contributed by atoms with E-state index in [-0.39, 0.29) is 12.2 Å². The van der Waals surface area contributed by atoms with Crippen molar-refractivity contribution in [1.29, 1.82) is 0 Å². The van der Waals surface area contributed by atoms with Crippen LogP contribution in [0.1, 0.15) is 18.3 Å². The molecule has 0 N–H and O–H groups in total. The summed E-state index contributed by atoms with van der Waals surface area (Å²) in [6.45, 7) is 0. The molecule has 2 aromatic carbocycles. The van der Waals surface area contributed by atoms with Gasteiger partial charge in [-0.05, 0) is 24.3 Å². The maximum atomic E-state index is 13.7. The molecule has 26 heavy (non-hydrogen) atoms. The van der Waals surface area contributed by atoms with E-state index in [1.54, 1.807) is 29.0 Å². The van der Waals surface area contributed by atoms with Crippen LogP contribution in [0.15, 0.2) is 48.7 Å². The Morgan fingerprint density at radius 3 is 2.81 bits per heavy atom. The van der Waals surface area contributed by atoms with Gasteiger partial charge in [-0.2, -0.15) is 0 Å². The highest BCUT2D eigenvalue weighted by molar-refractivity contribution is 6.30. The molecule has 5 nitrogen and oxygen atoms in total. The molecular formula is C19H14ClFN2O3. The summed E-state index contributed by atoms with van der Waals surface area (Å²) in [6, 6.07) is 11.5. The van der Waals surface area contributed by atoms with Crippen LogP contribution in [0.5, 0.6) is 5.75 Å². The normalized spacial score (nSPS) is 15.0. The number of halogens is 2. The van der Waals surface area contributed by atoms with Gasteiger partial charge in [0.15, 0.2) is 11.9 Å². The number of hydrogen-bond donors (Lipinski definition) is 0. The number of ether oxygens (including phenoxy) is 2. The van der Waals surface area contributed by atoms with E-state index in [2.05, 4.69) is 4.98 Å². The quantitative estimate of drug-likeness (QED) is 0.642. The van der Waals surface area contributed by atoms with Gasteiger partial charge >= 0.3 is 5.97 Å². The van der Waals surface area contributed by atoms with Gasteiger partial charge in [0.25, 0.3) is 0 Å². The van der Waals surface area contributed by atoms with Gasteiger partial charge < -0.3 is 9.47 Å². The number of hydrogen-bond acceptors (Lipinski definition) is 4. The molecule has 1 aliphatic heterocycles. The van der Waals surface area contributed by atoms with Crippen molar-refractivity contribution in [2.45, 2.75) is 12.5 Å². The number of esters is 1. The Balaban J connectivity index is 1.83. The Kier molecular flexibility index (Phi) is 4.12. The summed E-state index contributed by atoms with van der Waals surface area (Å²) in [6.07, 6.45) is 1.18. The fourth-order valence-electron chi connectivity index (χ4n) is 2.93. The number of fused-ring (bicyclic) bond motifs is 3. The molecular weight excluding hydrogens is 359 g/mol. The molecule has 3 aromatic rings. The first-order valence-electron chi connectivity index (χ1n) is 7.94. The molecule has 4 rings (SSSR count). The number of aromatic nitrogens is 2. The largest absolute Gasteiger partial charge is 0.480 e. The Labute approximate surface area is 153 Å². The Morgan fingerprint density at radius 1 is 1.31 bits per heavy atom. The molecule has 132 valence electrons. The van der Waals surface area contributed by atoms with E-state index in [1.165, 1.54) is 19.2 Å². The van der Waals surface area contributed by atoms with Crippen LogP contribution in [0, 0.1) is 5.82 Å². The monoisotopic (exact) mass is 372 g/mol. The van der Waals surface area contributed by atoms with E-state index in [4.69, 9.17) is 21.1 Å². The van der Waals surface area contributed by atoms with E-state index in [0.29, 0.717) is 28.0 Å². The molecule has 2 heterocycles. The van der Waals surface area contributed by atoms with Crippen LogP contribution in [0.3, 0.4) is 0 Å². The predicted octanol–water partition coefficient (Wildman–Crippen LogP) is 4.33. The van der Waals surface area contributed by atoms with Crippen molar-refractivity contribution in [3.05, 3.63) is 65.3 Å². The third kappa shape index (κ3) is 2.93. The van der Waals surface area contributed by atoms with Crippen LogP contribution in [0.25, 0.3) is 16.9 Å². The van der Waals surface area contributed by atoms with Crippen LogP contribution in [-0.2, 0) is 9.53 Å². The van der Waals surface area contributed by atoms with Crippen molar-refractivity contribution in [2.24, 2.45) is 0 Å². The topological polar surface area (TPSA) is 53.4 Å². The Bertz CT molecular complexity index is 985. The maximum absolute atomic E-state index is 13.7. The zero-order chi connectivity index (χ0) is 18.3. The molecule has 1 aromatic heterocycles. The number of methoxy groups -OCH3 is 1. The standard InChI is InChI=1S/C19H14ClFN2O3/c1-25-18(24)9-17-19-22-14(11-2-4-12(20)5-3-11)10-23(19)15-8-13(21)6-7-16(15)26-17/h2-8,10,17H,9H2,1H3/t17-/m1/s1. The summed E-state index contributed by atoms with van der Waals surface area (Å²) in [4.78, 5) is 16.4.